The van der Waals surface area contributed by atoms with E-state index in [2.05, 4.69) is 44.9 Å². The quantitative estimate of drug-likeness (QED) is 0.908. The molecule has 116 valence electrons. The summed E-state index contributed by atoms with van der Waals surface area (Å²) in [5.41, 5.74) is 7.77. The van der Waals surface area contributed by atoms with Crippen LogP contribution >= 0.6 is 23.7 Å². The lowest BCUT2D eigenvalue weighted by Gasteiger charge is -2.42. The second-order valence-electron chi connectivity index (χ2n) is 7.49. The van der Waals surface area contributed by atoms with Gasteiger partial charge in [0.25, 0.3) is 0 Å². The van der Waals surface area contributed by atoms with Crippen LogP contribution in [-0.2, 0) is 12.0 Å². The van der Waals surface area contributed by atoms with Crippen molar-refractivity contribution in [3.63, 3.8) is 0 Å². The van der Waals surface area contributed by atoms with Gasteiger partial charge in [-0.3, -0.25) is 4.90 Å². The number of halogens is 1. The van der Waals surface area contributed by atoms with E-state index in [0.717, 1.165) is 26.1 Å². The molecule has 1 unspecified atom stereocenters. The molecular formula is C15H28ClN3S. The van der Waals surface area contributed by atoms with E-state index in [1.165, 1.54) is 10.7 Å². The van der Waals surface area contributed by atoms with Crippen LogP contribution in [0.2, 0.25) is 0 Å². The fraction of sp³-hybridized carbons (Fsp3) is 0.800. The van der Waals surface area contributed by atoms with Crippen molar-refractivity contribution in [2.45, 2.75) is 59.0 Å². The van der Waals surface area contributed by atoms with E-state index in [0.29, 0.717) is 6.04 Å². The molecule has 20 heavy (non-hydrogen) atoms. The average Bonchev–Trinajstić information content (AvgIpc) is 2.71. The molecule has 0 aromatic carbocycles. The van der Waals surface area contributed by atoms with Gasteiger partial charge in [0.05, 0.1) is 10.7 Å². The van der Waals surface area contributed by atoms with Crippen molar-refractivity contribution >= 4 is 23.7 Å². The van der Waals surface area contributed by atoms with E-state index in [1.807, 2.05) is 0 Å². The summed E-state index contributed by atoms with van der Waals surface area (Å²) in [4.78, 5) is 7.28. The highest BCUT2D eigenvalue weighted by atomic mass is 35.5. The summed E-state index contributed by atoms with van der Waals surface area (Å²) in [6.07, 6.45) is 1.09. The Bertz CT molecular complexity index is 437. The maximum atomic E-state index is 6.19. The molecule has 2 heterocycles. The van der Waals surface area contributed by atoms with Gasteiger partial charge in [-0.15, -0.1) is 23.7 Å². The number of hydrogen-bond acceptors (Lipinski definition) is 4. The van der Waals surface area contributed by atoms with Crippen LogP contribution in [-0.4, -0.2) is 29.0 Å². The first-order chi connectivity index (χ1) is 8.68. The molecule has 1 aromatic rings. The summed E-state index contributed by atoms with van der Waals surface area (Å²) in [7, 11) is 0. The van der Waals surface area contributed by atoms with E-state index < -0.39 is 0 Å². The molecule has 1 fully saturated rings. The van der Waals surface area contributed by atoms with Gasteiger partial charge in [-0.1, -0.05) is 34.6 Å². The third-order valence-electron chi connectivity index (χ3n) is 3.97. The SMILES string of the molecule is CC(C)(C)c1nc(CN2CCC(N)C(C)(C)C2)cs1.Cl. The standard InChI is InChI=1S/C15H27N3S.ClH/c1-14(2,3)13-17-11(9-19-13)8-18-7-6-12(16)15(4,5)10-18;/h9,12H,6-8,10,16H2,1-5H3;1H. The molecule has 1 aromatic heterocycles. The van der Waals surface area contributed by atoms with Crippen LogP contribution in [0.3, 0.4) is 0 Å². The normalized spacial score (nSPS) is 23.4. The van der Waals surface area contributed by atoms with Crippen molar-refractivity contribution in [1.82, 2.24) is 9.88 Å². The Morgan fingerprint density at radius 3 is 2.60 bits per heavy atom. The van der Waals surface area contributed by atoms with Crippen LogP contribution in [0.15, 0.2) is 5.38 Å². The molecule has 0 bridgehead atoms. The number of nitrogens with two attached hydrogens (primary N) is 1. The van der Waals surface area contributed by atoms with E-state index in [1.54, 1.807) is 11.3 Å². The predicted molar refractivity (Wildman–Crippen MR) is 89.7 cm³/mol. The molecule has 0 spiro atoms. The minimum Gasteiger partial charge on any atom is -0.327 e. The summed E-state index contributed by atoms with van der Waals surface area (Å²) in [5.74, 6) is 0. The maximum absolute atomic E-state index is 6.19. The Morgan fingerprint density at radius 1 is 1.45 bits per heavy atom. The largest absolute Gasteiger partial charge is 0.327 e. The van der Waals surface area contributed by atoms with Gasteiger partial charge < -0.3 is 5.73 Å². The third-order valence-corrected chi connectivity index (χ3v) is 5.29. The summed E-state index contributed by atoms with van der Waals surface area (Å²) in [6.45, 7) is 14.3. The number of piperidine rings is 1. The summed E-state index contributed by atoms with van der Waals surface area (Å²) >= 11 is 1.78. The maximum Gasteiger partial charge on any atom is 0.0982 e. The number of nitrogens with zero attached hydrogens (tertiary/aromatic N) is 2. The molecule has 0 aliphatic carbocycles. The van der Waals surface area contributed by atoms with Crippen molar-refractivity contribution in [2.75, 3.05) is 13.1 Å². The lowest BCUT2D eigenvalue weighted by molar-refractivity contribution is 0.0890. The molecule has 0 radical (unpaired) electrons. The first kappa shape index (κ1) is 17.9. The zero-order valence-corrected chi connectivity index (χ0v) is 14.9. The Morgan fingerprint density at radius 2 is 2.10 bits per heavy atom. The minimum absolute atomic E-state index is 0. The van der Waals surface area contributed by atoms with Gasteiger partial charge in [0.2, 0.25) is 0 Å². The molecule has 1 atom stereocenters. The molecule has 3 nitrogen and oxygen atoms in total. The van der Waals surface area contributed by atoms with Crippen LogP contribution < -0.4 is 5.73 Å². The van der Waals surface area contributed by atoms with Gasteiger partial charge in [0.15, 0.2) is 0 Å². The van der Waals surface area contributed by atoms with E-state index in [9.17, 15) is 0 Å². The second kappa shape index (κ2) is 6.30. The van der Waals surface area contributed by atoms with E-state index in [4.69, 9.17) is 10.7 Å². The Kier molecular flexibility index (Phi) is 5.64. The Hall–Kier alpha value is -0.160. The molecule has 2 N–H and O–H groups in total. The molecule has 0 amide bonds. The highest BCUT2D eigenvalue weighted by Crippen LogP contribution is 2.30. The topological polar surface area (TPSA) is 42.2 Å². The second-order valence-corrected chi connectivity index (χ2v) is 8.35. The molecule has 1 saturated heterocycles. The van der Waals surface area contributed by atoms with Gasteiger partial charge in [-0.2, -0.15) is 0 Å². The first-order valence-corrected chi connectivity index (χ1v) is 7.99. The van der Waals surface area contributed by atoms with Gasteiger partial charge in [-0.05, 0) is 11.8 Å². The van der Waals surface area contributed by atoms with Crippen LogP contribution in [0.25, 0.3) is 0 Å². The van der Waals surface area contributed by atoms with Crippen LogP contribution in [0.4, 0.5) is 0 Å². The molecule has 1 aliphatic rings. The highest BCUT2D eigenvalue weighted by molar-refractivity contribution is 7.09. The summed E-state index contributed by atoms with van der Waals surface area (Å²) < 4.78 is 0. The smallest absolute Gasteiger partial charge is 0.0982 e. The number of thiazole rings is 1. The van der Waals surface area contributed by atoms with Crippen molar-refractivity contribution in [3.8, 4) is 0 Å². The average molecular weight is 318 g/mol. The van der Waals surface area contributed by atoms with Crippen molar-refractivity contribution in [1.29, 1.82) is 0 Å². The number of likely N-dealkylation sites (tertiary alicyclic amines) is 1. The fourth-order valence-corrected chi connectivity index (χ4v) is 3.47. The zero-order chi connectivity index (χ0) is 14.3. The Balaban J connectivity index is 0.00000200. The van der Waals surface area contributed by atoms with Crippen LogP contribution in [0.5, 0.6) is 0 Å². The van der Waals surface area contributed by atoms with Gasteiger partial charge in [0.1, 0.15) is 0 Å². The molecule has 5 heteroatoms. The molecular weight excluding hydrogens is 290 g/mol. The summed E-state index contributed by atoms with van der Waals surface area (Å²) in [6, 6.07) is 0.323. The monoisotopic (exact) mass is 317 g/mol. The lowest BCUT2D eigenvalue weighted by atomic mass is 9.80. The molecule has 2 rings (SSSR count). The van der Waals surface area contributed by atoms with Gasteiger partial charge >= 0.3 is 0 Å². The molecule has 1 aliphatic heterocycles. The number of aromatic nitrogens is 1. The van der Waals surface area contributed by atoms with E-state index >= 15 is 0 Å². The lowest BCUT2D eigenvalue weighted by Crippen LogP contribution is -2.52. The third kappa shape index (κ3) is 4.17. The first-order valence-electron chi connectivity index (χ1n) is 7.11. The van der Waals surface area contributed by atoms with E-state index in [-0.39, 0.29) is 23.2 Å². The summed E-state index contributed by atoms with van der Waals surface area (Å²) in [5, 5.41) is 3.44. The number of hydrogen-bond donors (Lipinski definition) is 1. The highest BCUT2D eigenvalue weighted by Gasteiger charge is 2.33. The Labute approximate surface area is 133 Å². The zero-order valence-electron chi connectivity index (χ0n) is 13.3. The van der Waals surface area contributed by atoms with Crippen molar-refractivity contribution in [3.05, 3.63) is 16.1 Å². The van der Waals surface area contributed by atoms with Crippen molar-refractivity contribution < 1.29 is 0 Å². The molecule has 0 saturated carbocycles. The van der Waals surface area contributed by atoms with Gasteiger partial charge in [0, 0.05) is 36.5 Å². The van der Waals surface area contributed by atoms with Crippen LogP contribution in [0, 0.1) is 5.41 Å². The van der Waals surface area contributed by atoms with Crippen molar-refractivity contribution in [2.24, 2.45) is 11.1 Å². The van der Waals surface area contributed by atoms with Crippen LogP contribution in [0.1, 0.15) is 51.7 Å². The minimum atomic E-state index is 0. The fourth-order valence-electron chi connectivity index (χ4n) is 2.57. The van der Waals surface area contributed by atoms with Gasteiger partial charge in [-0.25, -0.2) is 4.98 Å². The number of rotatable bonds is 2. The predicted octanol–water partition coefficient (Wildman–Crippen LogP) is 3.42.